The van der Waals surface area contributed by atoms with E-state index in [1.54, 1.807) is 18.2 Å². The molecule has 0 bridgehead atoms. The molecule has 0 fully saturated rings. The zero-order valence-corrected chi connectivity index (χ0v) is 13.3. The molecule has 1 N–H and O–H groups in total. The van der Waals surface area contributed by atoms with Gasteiger partial charge in [0.05, 0.1) is 17.4 Å². The van der Waals surface area contributed by atoms with Crippen LogP contribution in [0.25, 0.3) is 17.1 Å². The Bertz CT molecular complexity index is 855. The fourth-order valence-electron chi connectivity index (χ4n) is 2.02. The Morgan fingerprint density at radius 1 is 1.18 bits per heavy atom. The van der Waals surface area contributed by atoms with Crippen molar-refractivity contribution in [3.05, 3.63) is 58.6 Å². The fourth-order valence-corrected chi connectivity index (χ4v) is 2.69. The molecular weight excluding hydrogens is 318 g/mol. The van der Waals surface area contributed by atoms with Crippen molar-refractivity contribution in [1.29, 1.82) is 0 Å². The van der Waals surface area contributed by atoms with E-state index in [1.807, 2.05) is 31.2 Å². The van der Waals surface area contributed by atoms with E-state index in [-0.39, 0.29) is 5.91 Å². The lowest BCUT2D eigenvalue weighted by atomic mass is 10.1. The van der Waals surface area contributed by atoms with Gasteiger partial charge in [-0.25, -0.2) is 0 Å². The number of benzene rings is 2. The molecule has 0 aliphatic carbocycles. The van der Waals surface area contributed by atoms with Crippen LogP contribution in [0.15, 0.2) is 42.5 Å². The first-order valence-electron chi connectivity index (χ1n) is 6.60. The molecule has 3 rings (SSSR count). The van der Waals surface area contributed by atoms with Gasteiger partial charge in [-0.2, -0.15) is 8.75 Å². The smallest absolute Gasteiger partial charge is 0.248 e. The van der Waals surface area contributed by atoms with Gasteiger partial charge in [-0.15, -0.1) is 0 Å². The third-order valence-electron chi connectivity index (χ3n) is 3.18. The van der Waals surface area contributed by atoms with Gasteiger partial charge in [-0.3, -0.25) is 4.79 Å². The van der Waals surface area contributed by atoms with E-state index in [2.05, 4.69) is 14.1 Å². The standard InChI is InChI=1S/C16H12ClN3OS/c1-10-2-8-13-16(20-22-19-13)15(10)18-14(21)9-5-11-3-6-12(17)7-4-11/h2-9H,1H3,(H,18,21)/b9-5+. The molecule has 3 aromatic rings. The monoisotopic (exact) mass is 329 g/mol. The first-order chi connectivity index (χ1) is 10.6. The minimum absolute atomic E-state index is 0.210. The summed E-state index contributed by atoms with van der Waals surface area (Å²) >= 11 is 6.96. The summed E-state index contributed by atoms with van der Waals surface area (Å²) in [6.07, 6.45) is 3.22. The van der Waals surface area contributed by atoms with E-state index in [0.717, 1.165) is 33.9 Å². The maximum absolute atomic E-state index is 12.1. The van der Waals surface area contributed by atoms with Crippen molar-refractivity contribution in [2.45, 2.75) is 6.92 Å². The molecule has 4 nitrogen and oxygen atoms in total. The molecule has 0 atom stereocenters. The second kappa shape index (κ2) is 6.25. The van der Waals surface area contributed by atoms with E-state index in [9.17, 15) is 4.79 Å². The minimum Gasteiger partial charge on any atom is -0.320 e. The molecule has 110 valence electrons. The fraction of sp³-hybridized carbons (Fsp3) is 0.0625. The maximum Gasteiger partial charge on any atom is 0.248 e. The molecule has 0 aliphatic heterocycles. The minimum atomic E-state index is -0.210. The molecule has 1 amide bonds. The van der Waals surface area contributed by atoms with Crippen LogP contribution in [-0.4, -0.2) is 14.7 Å². The summed E-state index contributed by atoms with van der Waals surface area (Å²) in [6.45, 7) is 1.93. The number of hydrogen-bond donors (Lipinski definition) is 1. The normalized spacial score (nSPS) is 11.2. The van der Waals surface area contributed by atoms with Crippen LogP contribution >= 0.6 is 23.3 Å². The van der Waals surface area contributed by atoms with Gasteiger partial charge in [-0.05, 0) is 42.3 Å². The second-order valence-corrected chi connectivity index (χ2v) is 5.73. The van der Waals surface area contributed by atoms with Crippen LogP contribution in [0.3, 0.4) is 0 Å². The predicted octanol–water partition coefficient (Wildman–Crippen LogP) is 4.31. The molecular formula is C16H12ClN3OS. The highest BCUT2D eigenvalue weighted by Crippen LogP contribution is 2.25. The molecule has 0 spiro atoms. The molecule has 22 heavy (non-hydrogen) atoms. The van der Waals surface area contributed by atoms with Gasteiger partial charge in [0.25, 0.3) is 0 Å². The van der Waals surface area contributed by atoms with E-state index in [4.69, 9.17) is 11.6 Å². The molecule has 0 unspecified atom stereocenters. The topological polar surface area (TPSA) is 54.9 Å². The van der Waals surface area contributed by atoms with Crippen molar-refractivity contribution in [1.82, 2.24) is 8.75 Å². The zero-order chi connectivity index (χ0) is 15.5. The SMILES string of the molecule is Cc1ccc2nsnc2c1NC(=O)/C=C/c1ccc(Cl)cc1. The van der Waals surface area contributed by atoms with Crippen LogP contribution in [0.4, 0.5) is 5.69 Å². The lowest BCUT2D eigenvalue weighted by molar-refractivity contribution is -0.111. The molecule has 1 aromatic heterocycles. The van der Waals surface area contributed by atoms with E-state index in [1.165, 1.54) is 6.08 Å². The Hall–Kier alpha value is -2.24. The Labute approximate surface area is 136 Å². The van der Waals surface area contributed by atoms with E-state index >= 15 is 0 Å². The van der Waals surface area contributed by atoms with Crippen molar-refractivity contribution in [3.8, 4) is 0 Å². The van der Waals surface area contributed by atoms with Crippen LogP contribution in [-0.2, 0) is 4.79 Å². The highest BCUT2D eigenvalue weighted by molar-refractivity contribution is 7.00. The van der Waals surface area contributed by atoms with Gasteiger partial charge < -0.3 is 5.32 Å². The second-order valence-electron chi connectivity index (χ2n) is 4.76. The quantitative estimate of drug-likeness (QED) is 0.729. The molecule has 0 aliphatic rings. The number of aromatic nitrogens is 2. The first kappa shape index (κ1) is 14.7. The number of rotatable bonds is 3. The molecule has 0 saturated heterocycles. The number of anilines is 1. The van der Waals surface area contributed by atoms with Gasteiger partial charge in [0, 0.05) is 11.1 Å². The van der Waals surface area contributed by atoms with E-state index in [0.29, 0.717) is 10.7 Å². The number of carbonyl (C=O) groups excluding carboxylic acids is 1. The summed E-state index contributed by atoms with van der Waals surface area (Å²) in [6, 6.07) is 11.1. The first-order valence-corrected chi connectivity index (χ1v) is 7.71. The largest absolute Gasteiger partial charge is 0.320 e. The van der Waals surface area contributed by atoms with Crippen LogP contribution in [0.2, 0.25) is 5.02 Å². The zero-order valence-electron chi connectivity index (χ0n) is 11.7. The number of fused-ring (bicyclic) bond motifs is 1. The van der Waals surface area contributed by atoms with Crippen LogP contribution in [0.5, 0.6) is 0 Å². The van der Waals surface area contributed by atoms with Crippen LogP contribution in [0, 0.1) is 6.92 Å². The van der Waals surface area contributed by atoms with Crippen molar-refractivity contribution in [2.24, 2.45) is 0 Å². The Morgan fingerprint density at radius 2 is 1.95 bits per heavy atom. The summed E-state index contributed by atoms with van der Waals surface area (Å²) < 4.78 is 8.42. The highest BCUT2D eigenvalue weighted by atomic mass is 35.5. The summed E-state index contributed by atoms with van der Waals surface area (Å²) in [4.78, 5) is 12.1. The summed E-state index contributed by atoms with van der Waals surface area (Å²) in [5.41, 5.74) is 4.07. The molecule has 0 radical (unpaired) electrons. The number of aryl methyl sites for hydroxylation is 1. The third-order valence-corrected chi connectivity index (χ3v) is 3.98. The van der Waals surface area contributed by atoms with Gasteiger partial charge in [0.2, 0.25) is 5.91 Å². The van der Waals surface area contributed by atoms with Crippen LogP contribution < -0.4 is 5.32 Å². The summed E-state index contributed by atoms with van der Waals surface area (Å²) in [5.74, 6) is -0.210. The van der Waals surface area contributed by atoms with Gasteiger partial charge in [0.15, 0.2) is 0 Å². The lowest BCUT2D eigenvalue weighted by Crippen LogP contribution is -2.09. The molecule has 6 heteroatoms. The summed E-state index contributed by atoms with van der Waals surface area (Å²) in [5, 5.41) is 3.54. The number of hydrogen-bond acceptors (Lipinski definition) is 4. The van der Waals surface area contributed by atoms with Gasteiger partial charge in [-0.1, -0.05) is 29.8 Å². The van der Waals surface area contributed by atoms with Crippen molar-refractivity contribution in [2.75, 3.05) is 5.32 Å². The van der Waals surface area contributed by atoms with Crippen molar-refractivity contribution < 1.29 is 4.79 Å². The number of carbonyl (C=O) groups is 1. The van der Waals surface area contributed by atoms with Crippen molar-refractivity contribution in [3.63, 3.8) is 0 Å². The third kappa shape index (κ3) is 3.16. The molecule has 2 aromatic carbocycles. The molecule has 0 saturated carbocycles. The lowest BCUT2D eigenvalue weighted by Gasteiger charge is -2.06. The average Bonchev–Trinajstić information content (AvgIpc) is 2.98. The average molecular weight is 330 g/mol. The number of nitrogens with one attached hydrogen (secondary N) is 1. The van der Waals surface area contributed by atoms with Gasteiger partial charge in [0.1, 0.15) is 11.0 Å². The number of nitrogens with zero attached hydrogens (tertiary/aromatic N) is 2. The van der Waals surface area contributed by atoms with Crippen molar-refractivity contribution >= 4 is 52.0 Å². The Morgan fingerprint density at radius 3 is 2.73 bits per heavy atom. The number of halogens is 1. The molecule has 1 heterocycles. The highest BCUT2D eigenvalue weighted by Gasteiger charge is 2.10. The Balaban J connectivity index is 1.80. The Kier molecular flexibility index (Phi) is 4.18. The van der Waals surface area contributed by atoms with Gasteiger partial charge >= 0.3 is 0 Å². The number of amides is 1. The predicted molar refractivity (Wildman–Crippen MR) is 91.3 cm³/mol. The summed E-state index contributed by atoms with van der Waals surface area (Å²) in [7, 11) is 0. The van der Waals surface area contributed by atoms with Crippen LogP contribution in [0.1, 0.15) is 11.1 Å². The maximum atomic E-state index is 12.1. The van der Waals surface area contributed by atoms with E-state index < -0.39 is 0 Å².